The number of hydrogen-bond donors (Lipinski definition) is 2. The van der Waals surface area contributed by atoms with Gasteiger partial charge < -0.3 is 15.4 Å². The molecule has 0 atom stereocenters. The van der Waals surface area contributed by atoms with Crippen molar-refractivity contribution in [2.24, 2.45) is 4.36 Å². The molecule has 32 heavy (non-hydrogen) atoms. The van der Waals surface area contributed by atoms with Crippen LogP contribution >= 0.6 is 0 Å². The first kappa shape index (κ1) is 22.1. The van der Waals surface area contributed by atoms with E-state index in [9.17, 15) is 13.6 Å². The number of alkyl halides is 1. The summed E-state index contributed by atoms with van der Waals surface area (Å²) in [6.45, 7) is 0.832. The molecule has 1 aliphatic rings. The van der Waals surface area contributed by atoms with E-state index in [0.29, 0.717) is 11.5 Å². The summed E-state index contributed by atoms with van der Waals surface area (Å²) >= 11 is 0. The van der Waals surface area contributed by atoms with Crippen LogP contribution in [0, 0.1) is 12.7 Å². The van der Waals surface area contributed by atoms with Crippen molar-refractivity contribution in [3.63, 3.8) is 0 Å². The second-order valence-electron chi connectivity index (χ2n) is 7.29. The van der Waals surface area contributed by atoms with Crippen LogP contribution in [0.15, 0.2) is 41.0 Å². The molecule has 2 heterocycles. The van der Waals surface area contributed by atoms with E-state index in [0.717, 1.165) is 33.7 Å². The van der Waals surface area contributed by atoms with Crippen LogP contribution in [-0.2, 0) is 15.5 Å². The minimum atomic E-state index is -0.672. The zero-order chi connectivity index (χ0) is 22.5. The minimum Gasteiger partial charge on any atom is -0.481 e. The molecule has 10 heteroatoms. The van der Waals surface area contributed by atoms with Gasteiger partial charge in [-0.25, -0.2) is 23.1 Å². The molecule has 1 amide bonds. The van der Waals surface area contributed by atoms with Crippen LogP contribution in [0.4, 0.5) is 26.0 Å². The Kier molecular flexibility index (Phi) is 6.89. The van der Waals surface area contributed by atoms with Crippen molar-refractivity contribution in [1.82, 2.24) is 15.3 Å². The van der Waals surface area contributed by atoms with Crippen LogP contribution in [0.3, 0.4) is 0 Å². The molecule has 0 bridgehead atoms. The minimum absolute atomic E-state index is 0.0990. The first-order chi connectivity index (χ1) is 15.5. The summed E-state index contributed by atoms with van der Waals surface area (Å²) < 4.78 is 36.3. The van der Waals surface area contributed by atoms with Gasteiger partial charge in [-0.1, -0.05) is 10.7 Å². The lowest BCUT2D eigenvalue weighted by Crippen LogP contribution is -2.30. The van der Waals surface area contributed by atoms with Crippen molar-refractivity contribution in [3.8, 4) is 5.75 Å². The number of carbonyl (C=O) groups is 1. The monoisotopic (exact) mass is 459 g/mol. The fourth-order valence-electron chi connectivity index (χ4n) is 3.26. The van der Waals surface area contributed by atoms with E-state index in [2.05, 4.69) is 20.6 Å². The van der Waals surface area contributed by atoms with E-state index in [1.165, 1.54) is 30.9 Å². The molecule has 0 unspecified atom stereocenters. The average molecular weight is 460 g/mol. The summed E-state index contributed by atoms with van der Waals surface area (Å²) in [4.78, 5) is 20.5. The molecular weight excluding hydrogens is 436 g/mol. The van der Waals surface area contributed by atoms with Crippen LogP contribution in [0.5, 0.6) is 5.75 Å². The highest BCUT2D eigenvalue weighted by Gasteiger charge is 2.14. The highest BCUT2D eigenvalue weighted by molar-refractivity contribution is 7.88. The van der Waals surface area contributed by atoms with Gasteiger partial charge >= 0.3 is 0 Å². The molecule has 4 rings (SSSR count). The number of rotatable bonds is 8. The number of ether oxygens (including phenoxy) is 1. The van der Waals surface area contributed by atoms with Crippen molar-refractivity contribution >= 4 is 44.7 Å². The lowest BCUT2D eigenvalue weighted by Gasteiger charge is -2.17. The normalized spacial score (nSPS) is 13.5. The van der Waals surface area contributed by atoms with Gasteiger partial charge in [0.15, 0.2) is 6.61 Å². The molecule has 7 nitrogen and oxygen atoms in total. The molecule has 2 aromatic carbocycles. The molecule has 2 N–H and O–H groups in total. The molecule has 0 saturated carbocycles. The molecule has 1 fully saturated rings. The number of nitrogens with zero attached hydrogens (tertiary/aromatic N) is 3. The fourth-order valence-corrected chi connectivity index (χ4v) is 4.39. The average Bonchev–Trinajstić information content (AvgIpc) is 2.75. The van der Waals surface area contributed by atoms with Crippen LogP contribution in [0.25, 0.3) is 10.9 Å². The largest absolute Gasteiger partial charge is 0.481 e. The molecule has 0 aliphatic carbocycles. The quantitative estimate of drug-likeness (QED) is 0.529. The maximum absolute atomic E-state index is 13.8. The Morgan fingerprint density at radius 3 is 2.84 bits per heavy atom. The first-order valence-electron chi connectivity index (χ1n) is 10.2. The van der Waals surface area contributed by atoms with Crippen LogP contribution in [0.2, 0.25) is 0 Å². The zero-order valence-corrected chi connectivity index (χ0v) is 18.3. The summed E-state index contributed by atoms with van der Waals surface area (Å²) in [7, 11) is 0.111. The Labute approximate surface area is 186 Å². The molecule has 3 aromatic rings. The van der Waals surface area contributed by atoms with Gasteiger partial charge in [0, 0.05) is 29.5 Å². The standard InChI is InChI=1S/C22H23F2N5O2S/c1-14-9-16(29-32-7-2-8-32)11-18-21(14)22(27-13-26-18)28-17-4-3-15(24)10-19(17)31-12-20(30)25-6-5-23/h3-4,9-11,13H,2,5-8,12H2,1H3,(H,25,30)(H,26,27,28). The third-order valence-corrected chi connectivity index (χ3v) is 6.88. The summed E-state index contributed by atoms with van der Waals surface area (Å²) in [5.74, 6) is 1.96. The Morgan fingerprint density at radius 1 is 1.25 bits per heavy atom. The number of halogens is 2. The predicted molar refractivity (Wildman–Crippen MR) is 122 cm³/mol. The lowest BCUT2D eigenvalue weighted by molar-refractivity contribution is -0.123. The second-order valence-corrected chi connectivity index (χ2v) is 9.21. The molecule has 168 valence electrons. The van der Waals surface area contributed by atoms with E-state index in [1.807, 2.05) is 19.1 Å². The van der Waals surface area contributed by atoms with Gasteiger partial charge in [-0.15, -0.1) is 0 Å². The molecule has 1 aliphatic heterocycles. The summed E-state index contributed by atoms with van der Waals surface area (Å²) in [6, 6.07) is 7.93. The lowest BCUT2D eigenvalue weighted by atomic mass is 10.1. The van der Waals surface area contributed by atoms with Crippen LogP contribution in [-0.4, -0.2) is 47.2 Å². The van der Waals surface area contributed by atoms with Crippen LogP contribution in [0.1, 0.15) is 12.0 Å². The number of anilines is 2. The van der Waals surface area contributed by atoms with Crippen molar-refractivity contribution in [2.45, 2.75) is 13.3 Å². The van der Waals surface area contributed by atoms with E-state index >= 15 is 0 Å². The third kappa shape index (κ3) is 5.18. The number of aryl methyl sites for hydroxylation is 1. The zero-order valence-electron chi connectivity index (χ0n) is 17.5. The number of aromatic nitrogens is 2. The number of fused-ring (bicyclic) bond motifs is 1. The number of benzene rings is 2. The predicted octanol–water partition coefficient (Wildman–Crippen LogP) is 4.12. The van der Waals surface area contributed by atoms with Crippen molar-refractivity contribution in [2.75, 3.05) is 36.6 Å². The first-order valence-corrected chi connectivity index (χ1v) is 11.7. The molecular formula is C22H23F2N5O2S. The maximum atomic E-state index is 13.8. The number of nitrogens with one attached hydrogen (secondary N) is 2. The number of hydrogen-bond acceptors (Lipinski definition) is 6. The summed E-state index contributed by atoms with van der Waals surface area (Å²) in [5.41, 5.74) is 3.06. The summed E-state index contributed by atoms with van der Waals surface area (Å²) in [6.07, 6.45) is 2.68. The summed E-state index contributed by atoms with van der Waals surface area (Å²) in [5, 5.41) is 6.35. The molecule has 1 aromatic heterocycles. The van der Waals surface area contributed by atoms with Gasteiger partial charge in [0.1, 0.15) is 30.4 Å². The van der Waals surface area contributed by atoms with E-state index in [4.69, 9.17) is 9.10 Å². The maximum Gasteiger partial charge on any atom is 0.258 e. The highest BCUT2D eigenvalue weighted by atomic mass is 32.2. The Bertz CT molecular complexity index is 1180. The Hall–Kier alpha value is -3.14. The van der Waals surface area contributed by atoms with Gasteiger partial charge in [0.25, 0.3) is 5.91 Å². The number of amides is 1. The highest BCUT2D eigenvalue weighted by Crippen LogP contribution is 2.34. The smallest absolute Gasteiger partial charge is 0.258 e. The van der Waals surface area contributed by atoms with E-state index in [-0.39, 0.29) is 29.6 Å². The van der Waals surface area contributed by atoms with Gasteiger partial charge in [0.05, 0.1) is 16.9 Å². The van der Waals surface area contributed by atoms with Gasteiger partial charge in [-0.2, -0.15) is 0 Å². The molecule has 1 saturated heterocycles. The second kappa shape index (κ2) is 9.99. The van der Waals surface area contributed by atoms with E-state index in [1.54, 1.807) is 0 Å². The van der Waals surface area contributed by atoms with Gasteiger partial charge in [-0.3, -0.25) is 4.79 Å². The molecule has 0 spiro atoms. The van der Waals surface area contributed by atoms with Gasteiger partial charge in [-0.05, 0) is 43.2 Å². The van der Waals surface area contributed by atoms with Gasteiger partial charge in [0.2, 0.25) is 0 Å². The Balaban J connectivity index is 1.61. The van der Waals surface area contributed by atoms with Crippen molar-refractivity contribution in [1.29, 1.82) is 0 Å². The van der Waals surface area contributed by atoms with E-state index < -0.39 is 18.4 Å². The SMILES string of the molecule is Cc1cc(N=S2CCC2)cc2ncnc(Nc3ccc(F)cc3OCC(=O)NCCF)c12. The number of carbonyl (C=O) groups excluding carboxylic acids is 1. The fraction of sp³-hybridized carbons (Fsp3) is 0.318. The topological polar surface area (TPSA) is 88.5 Å². The molecule has 0 radical (unpaired) electrons. The van der Waals surface area contributed by atoms with Crippen molar-refractivity contribution in [3.05, 3.63) is 48.0 Å². The van der Waals surface area contributed by atoms with Crippen molar-refractivity contribution < 1.29 is 18.3 Å². The Morgan fingerprint density at radius 2 is 2.09 bits per heavy atom. The third-order valence-electron chi connectivity index (χ3n) is 4.89. The van der Waals surface area contributed by atoms with Crippen LogP contribution < -0.4 is 15.4 Å².